The van der Waals surface area contributed by atoms with Gasteiger partial charge in [0.1, 0.15) is 0 Å². The van der Waals surface area contributed by atoms with Crippen molar-refractivity contribution in [1.29, 1.82) is 0 Å². The maximum absolute atomic E-state index is 4.72. The Bertz CT molecular complexity index is 770. The zero-order valence-electron chi connectivity index (χ0n) is 22.6. The molecule has 1 aromatic rings. The molecule has 190 valence electrons. The summed E-state index contributed by atoms with van der Waals surface area (Å²) in [7, 11) is 4.80. The van der Waals surface area contributed by atoms with Gasteiger partial charge in [0.15, 0.2) is 0 Å². The zero-order chi connectivity index (χ0) is 26.9. The van der Waals surface area contributed by atoms with Gasteiger partial charge in [-0.1, -0.05) is 125 Å². The Balaban J connectivity index is -0.000000533. The second kappa shape index (κ2) is 25.0. The molecule has 0 aromatic carbocycles. The lowest BCUT2D eigenvalue weighted by atomic mass is 10.3. The number of rotatable bonds is 7. The lowest BCUT2D eigenvalue weighted by Gasteiger charge is -2.32. The molecule has 1 aliphatic heterocycles. The van der Waals surface area contributed by atoms with E-state index in [2.05, 4.69) is 63.0 Å². The fourth-order valence-electron chi connectivity index (χ4n) is 2.50. The van der Waals surface area contributed by atoms with E-state index in [1.807, 2.05) is 66.0 Å². The smallest absolute Gasteiger partial charge is 0.206 e. The first-order valence-electron chi connectivity index (χ1n) is 11.8. The topological polar surface area (TPSA) is 24.3 Å². The van der Waals surface area contributed by atoms with Gasteiger partial charge in [-0.2, -0.15) is 0 Å². The number of allylic oxidation sites excluding steroid dienone is 8. The van der Waals surface area contributed by atoms with E-state index >= 15 is 0 Å². The summed E-state index contributed by atoms with van der Waals surface area (Å²) in [6, 6.07) is 0. The quantitative estimate of drug-likeness (QED) is 0.290. The van der Waals surface area contributed by atoms with Crippen LogP contribution < -0.4 is 4.90 Å². The van der Waals surface area contributed by atoms with E-state index < -0.39 is 0 Å². The predicted octanol–water partition coefficient (Wildman–Crippen LogP) is 7.89. The second-order valence-corrected chi connectivity index (χ2v) is 7.12. The molecular weight excluding hydrogens is 435 g/mol. The van der Waals surface area contributed by atoms with E-state index in [0.29, 0.717) is 0 Å². The van der Waals surface area contributed by atoms with Crippen LogP contribution in [0.2, 0.25) is 0 Å². The summed E-state index contributed by atoms with van der Waals surface area (Å²) in [6.45, 7) is 35.4. The first-order valence-corrected chi connectivity index (χ1v) is 12.3. The monoisotopic (exact) mass is 484 g/mol. The lowest BCUT2D eigenvalue weighted by molar-refractivity contribution is 0.423. The Kier molecular flexibility index (Phi) is 26.3. The third kappa shape index (κ3) is 15.2. The van der Waals surface area contributed by atoms with Crippen LogP contribution in [0.25, 0.3) is 12.2 Å². The van der Waals surface area contributed by atoms with Crippen molar-refractivity contribution < 1.29 is 0 Å². The van der Waals surface area contributed by atoms with Crippen molar-refractivity contribution in [2.45, 2.75) is 34.6 Å². The molecule has 0 bridgehead atoms. The summed E-state index contributed by atoms with van der Waals surface area (Å²) < 4.78 is 4.36. The molecule has 2 rings (SSSR count). The normalized spacial score (nSPS) is 12.7. The Hall–Kier alpha value is -2.68. The van der Waals surface area contributed by atoms with Gasteiger partial charge in [0.25, 0.3) is 0 Å². The van der Waals surface area contributed by atoms with Gasteiger partial charge in [0.2, 0.25) is 5.95 Å². The van der Waals surface area contributed by atoms with Crippen LogP contribution in [0.3, 0.4) is 0 Å². The predicted molar refractivity (Wildman–Crippen MR) is 163 cm³/mol. The van der Waals surface area contributed by atoms with E-state index in [1.54, 1.807) is 30.4 Å². The number of nitrogens with zero attached hydrogens (tertiary/aromatic N) is 4. The average Bonchev–Trinajstić information content (AvgIpc) is 3.21. The van der Waals surface area contributed by atoms with E-state index in [9.17, 15) is 0 Å². The van der Waals surface area contributed by atoms with Crippen LogP contribution in [0.1, 0.15) is 46.0 Å². The fourth-order valence-corrected chi connectivity index (χ4v) is 2.73. The highest BCUT2D eigenvalue weighted by Crippen LogP contribution is 2.22. The standard InChI is InChI=1S/C14H21N4P.C7H10.C4H6.2C2H6/c1-4-6-7-12-13(5-2)16(3)14(15-12)17-8-10-18(19)11-9-17;1-4-6-7(3)5-2;1-3-4-2;2*1-2/h4-7H,1-2,8-11,19H2,3H3;4-6H,1-2H2,3H3;3-4H,1-2H2;2*1-2H3/b2*7-6-;;;. The van der Waals surface area contributed by atoms with Crippen LogP contribution in [-0.2, 0) is 7.05 Å². The zero-order valence-corrected chi connectivity index (χ0v) is 23.8. The fraction of sp³-hybridized carbons (Fsp3) is 0.345. The number of hydrogen-bond acceptors (Lipinski definition) is 3. The number of anilines is 1. The molecule has 5 heteroatoms. The molecule has 1 aliphatic rings. The van der Waals surface area contributed by atoms with Gasteiger partial charge < -0.3 is 9.47 Å². The SMILES string of the molecule is C=C/C=C(/C)C=C.C=C/C=C\c1nc(N2CCN(P)CC2)n(C)c1C=C.C=CC=C.CC.CC. The number of hydrogen-bond donors (Lipinski definition) is 0. The Morgan fingerprint density at radius 3 is 1.74 bits per heavy atom. The summed E-state index contributed by atoms with van der Waals surface area (Å²) >= 11 is 0. The van der Waals surface area contributed by atoms with Gasteiger partial charge in [-0.3, -0.25) is 4.67 Å². The molecular formula is C29H49N4P. The Morgan fingerprint density at radius 1 is 0.853 bits per heavy atom. The molecule has 0 spiro atoms. The molecule has 0 aliphatic carbocycles. The minimum absolute atomic E-state index is 0.945. The summed E-state index contributed by atoms with van der Waals surface area (Å²) in [5.41, 5.74) is 3.14. The van der Waals surface area contributed by atoms with Crippen molar-refractivity contribution in [2.75, 3.05) is 31.1 Å². The third-order valence-corrected chi connectivity index (χ3v) is 4.71. The molecule has 0 N–H and O–H groups in total. The molecule has 1 atom stereocenters. The van der Waals surface area contributed by atoms with Crippen molar-refractivity contribution in [3.63, 3.8) is 0 Å². The van der Waals surface area contributed by atoms with Crippen molar-refractivity contribution in [2.24, 2.45) is 7.05 Å². The molecule has 1 fully saturated rings. The van der Waals surface area contributed by atoms with Crippen LogP contribution in [0.15, 0.2) is 87.6 Å². The minimum atomic E-state index is 0.945. The molecule has 0 amide bonds. The number of imidazole rings is 1. The summed E-state index contributed by atoms with van der Waals surface area (Å²) in [5.74, 6) is 1.01. The van der Waals surface area contributed by atoms with Crippen LogP contribution in [0.4, 0.5) is 5.95 Å². The van der Waals surface area contributed by atoms with Gasteiger partial charge in [0.05, 0.1) is 11.4 Å². The number of piperazine rings is 1. The first kappa shape index (κ1) is 35.9. The van der Waals surface area contributed by atoms with Crippen molar-refractivity contribution >= 4 is 27.5 Å². The molecule has 0 radical (unpaired) electrons. The van der Waals surface area contributed by atoms with Crippen molar-refractivity contribution in [3.05, 3.63) is 99.0 Å². The van der Waals surface area contributed by atoms with Crippen LogP contribution >= 0.6 is 9.39 Å². The van der Waals surface area contributed by atoms with Gasteiger partial charge in [-0.25, -0.2) is 4.98 Å². The largest absolute Gasteiger partial charge is 0.340 e. The Labute approximate surface area is 213 Å². The van der Waals surface area contributed by atoms with E-state index in [1.165, 1.54) is 0 Å². The number of aromatic nitrogens is 2. The average molecular weight is 485 g/mol. The Morgan fingerprint density at radius 2 is 1.38 bits per heavy atom. The van der Waals surface area contributed by atoms with Gasteiger partial charge in [0, 0.05) is 33.2 Å². The molecule has 0 saturated carbocycles. The first-order chi connectivity index (χ1) is 16.4. The molecule has 1 saturated heterocycles. The van der Waals surface area contributed by atoms with Crippen LogP contribution in [0.5, 0.6) is 0 Å². The summed E-state index contributed by atoms with van der Waals surface area (Å²) in [4.78, 5) is 7.04. The van der Waals surface area contributed by atoms with Gasteiger partial charge in [-0.05, 0) is 19.1 Å². The maximum atomic E-state index is 4.72. The third-order valence-electron chi connectivity index (χ3n) is 4.19. The molecule has 2 heterocycles. The maximum Gasteiger partial charge on any atom is 0.206 e. The highest BCUT2D eigenvalue weighted by Gasteiger charge is 2.20. The van der Waals surface area contributed by atoms with Crippen LogP contribution in [0, 0.1) is 0 Å². The lowest BCUT2D eigenvalue weighted by Crippen LogP contribution is -2.43. The van der Waals surface area contributed by atoms with E-state index in [-0.39, 0.29) is 0 Å². The summed E-state index contributed by atoms with van der Waals surface area (Å²) in [5, 5.41) is 0. The summed E-state index contributed by atoms with van der Waals surface area (Å²) in [6.07, 6.45) is 16.2. The van der Waals surface area contributed by atoms with Crippen LogP contribution in [-0.4, -0.2) is 40.4 Å². The van der Waals surface area contributed by atoms with E-state index in [4.69, 9.17) is 4.98 Å². The molecule has 1 unspecified atom stereocenters. The highest BCUT2D eigenvalue weighted by molar-refractivity contribution is 7.13. The molecule has 1 aromatic heterocycles. The molecule has 34 heavy (non-hydrogen) atoms. The van der Waals surface area contributed by atoms with Gasteiger partial charge in [-0.15, -0.1) is 0 Å². The van der Waals surface area contributed by atoms with Crippen molar-refractivity contribution in [3.8, 4) is 0 Å². The van der Waals surface area contributed by atoms with Gasteiger partial charge >= 0.3 is 0 Å². The highest BCUT2D eigenvalue weighted by atomic mass is 31.0. The second-order valence-electron chi connectivity index (χ2n) is 6.39. The van der Waals surface area contributed by atoms with Crippen molar-refractivity contribution in [1.82, 2.24) is 14.2 Å². The molecule has 4 nitrogen and oxygen atoms in total. The van der Waals surface area contributed by atoms with E-state index in [0.717, 1.165) is 49.1 Å². The minimum Gasteiger partial charge on any atom is -0.340 e.